The summed E-state index contributed by atoms with van der Waals surface area (Å²) in [6.45, 7) is 0. The number of hydrogen-bond acceptors (Lipinski definition) is 2. The largest absolute Gasteiger partial charge is 0.298 e. The zero-order valence-electron chi connectivity index (χ0n) is 5.75. The van der Waals surface area contributed by atoms with E-state index in [1.165, 1.54) is 0 Å². The summed E-state index contributed by atoms with van der Waals surface area (Å²) in [5, 5.41) is 8.52. The first-order chi connectivity index (χ1) is 5.26. The molecule has 1 atom stereocenters. The molecule has 0 saturated heterocycles. The smallest absolute Gasteiger partial charge is 0.146 e. The molecule has 0 aromatic carbocycles. The van der Waals surface area contributed by atoms with Gasteiger partial charge in [0.15, 0.2) is 0 Å². The first-order valence-corrected chi connectivity index (χ1v) is 4.09. The molecule has 0 aromatic heterocycles. The van der Waals surface area contributed by atoms with Crippen molar-refractivity contribution in [3.63, 3.8) is 0 Å². The van der Waals surface area contributed by atoms with Gasteiger partial charge < -0.3 is 0 Å². The summed E-state index contributed by atoms with van der Waals surface area (Å²) in [5.41, 5.74) is 1.23. The minimum atomic E-state index is 0.127. The second-order valence-electron chi connectivity index (χ2n) is 2.29. The minimum absolute atomic E-state index is 0.127. The molecule has 0 amide bonds. The number of carbonyl (C=O) groups is 1. The zero-order valence-corrected chi connectivity index (χ0v) is 7.34. The Hall–Kier alpha value is -0.880. The number of allylic oxidation sites excluding steroid dienone is 4. The monoisotopic (exact) mass is 211 g/mol. The quantitative estimate of drug-likeness (QED) is 0.490. The molecule has 3 heteroatoms. The van der Waals surface area contributed by atoms with Gasteiger partial charge in [-0.1, -0.05) is 22.0 Å². The van der Waals surface area contributed by atoms with Crippen LogP contribution in [0, 0.1) is 11.3 Å². The molecule has 0 bridgehead atoms. The summed E-state index contributed by atoms with van der Waals surface area (Å²) in [6, 6.07) is 1.99. The molecule has 0 fully saturated rings. The Balaban J connectivity index is 2.90. The van der Waals surface area contributed by atoms with E-state index in [0.717, 1.165) is 6.29 Å². The lowest BCUT2D eigenvalue weighted by atomic mass is 10.0. The van der Waals surface area contributed by atoms with E-state index in [9.17, 15) is 4.79 Å². The van der Waals surface area contributed by atoms with E-state index >= 15 is 0 Å². The Morgan fingerprint density at radius 3 is 3.09 bits per heavy atom. The Bertz CT molecular complexity index is 272. The van der Waals surface area contributed by atoms with E-state index < -0.39 is 0 Å². The second-order valence-corrected chi connectivity index (χ2v) is 3.47. The molecule has 0 saturated carbocycles. The van der Waals surface area contributed by atoms with Crippen LogP contribution in [0.25, 0.3) is 0 Å². The summed E-state index contributed by atoms with van der Waals surface area (Å²) >= 11 is 3.32. The number of nitrogens with zero attached hydrogens (tertiary/aromatic N) is 1. The molecule has 2 nitrogen and oxygen atoms in total. The van der Waals surface area contributed by atoms with Crippen molar-refractivity contribution in [1.29, 1.82) is 5.26 Å². The van der Waals surface area contributed by atoms with E-state index in [1.807, 2.05) is 6.07 Å². The van der Waals surface area contributed by atoms with Crippen LogP contribution >= 0.6 is 15.9 Å². The van der Waals surface area contributed by atoms with Crippen LogP contribution in [-0.4, -0.2) is 11.1 Å². The molecule has 0 radical (unpaired) electrons. The van der Waals surface area contributed by atoms with Gasteiger partial charge in [-0.25, -0.2) is 0 Å². The van der Waals surface area contributed by atoms with Crippen LogP contribution in [0.3, 0.4) is 0 Å². The van der Waals surface area contributed by atoms with Crippen LogP contribution in [0.2, 0.25) is 0 Å². The van der Waals surface area contributed by atoms with Crippen LogP contribution in [0.1, 0.15) is 6.42 Å². The van der Waals surface area contributed by atoms with E-state index in [4.69, 9.17) is 5.26 Å². The molecule has 0 aliphatic heterocycles. The van der Waals surface area contributed by atoms with Gasteiger partial charge in [0.25, 0.3) is 0 Å². The third-order valence-corrected chi connectivity index (χ3v) is 2.00. The molecule has 1 aliphatic carbocycles. The van der Waals surface area contributed by atoms with Crippen molar-refractivity contribution < 1.29 is 4.79 Å². The van der Waals surface area contributed by atoms with Crippen molar-refractivity contribution in [2.75, 3.05) is 0 Å². The third-order valence-electron chi connectivity index (χ3n) is 1.41. The van der Waals surface area contributed by atoms with E-state index in [-0.39, 0.29) is 4.83 Å². The number of hydrogen-bond donors (Lipinski definition) is 0. The SMILES string of the molecule is N#CC1=CC(Br)CC(C=O)=C1. The van der Waals surface area contributed by atoms with Crippen LogP contribution in [-0.2, 0) is 4.79 Å². The molecule has 11 heavy (non-hydrogen) atoms. The predicted octanol–water partition coefficient (Wildman–Crippen LogP) is 1.73. The number of alkyl halides is 1. The Kier molecular flexibility index (Phi) is 2.61. The summed E-state index contributed by atoms with van der Waals surface area (Å²) in [4.78, 5) is 10.5. The fourth-order valence-electron chi connectivity index (χ4n) is 0.937. The maximum absolute atomic E-state index is 10.3. The van der Waals surface area contributed by atoms with Gasteiger partial charge in [-0.05, 0) is 18.1 Å². The molecule has 1 unspecified atom stereocenters. The summed E-state index contributed by atoms with van der Waals surface area (Å²) in [6.07, 6.45) is 4.88. The fourth-order valence-corrected chi connectivity index (χ4v) is 1.60. The van der Waals surface area contributed by atoms with Crippen LogP contribution in [0.4, 0.5) is 0 Å². The van der Waals surface area contributed by atoms with Gasteiger partial charge in [0.1, 0.15) is 6.29 Å². The lowest BCUT2D eigenvalue weighted by Gasteiger charge is -2.09. The van der Waals surface area contributed by atoms with E-state index in [1.54, 1.807) is 12.2 Å². The second kappa shape index (κ2) is 3.49. The molecule has 0 spiro atoms. The number of aldehydes is 1. The van der Waals surface area contributed by atoms with Crippen molar-refractivity contribution in [1.82, 2.24) is 0 Å². The molecule has 56 valence electrons. The lowest BCUT2D eigenvalue weighted by molar-refractivity contribution is -0.105. The third kappa shape index (κ3) is 2.02. The first kappa shape index (κ1) is 8.22. The van der Waals surface area contributed by atoms with Gasteiger partial charge in [0.2, 0.25) is 0 Å². The molecule has 1 aliphatic rings. The summed E-state index contributed by atoms with van der Waals surface area (Å²) in [7, 11) is 0. The van der Waals surface area contributed by atoms with Crippen LogP contribution in [0.15, 0.2) is 23.3 Å². The van der Waals surface area contributed by atoms with Crippen LogP contribution < -0.4 is 0 Å². The number of nitriles is 1. The van der Waals surface area contributed by atoms with E-state index in [0.29, 0.717) is 17.6 Å². The van der Waals surface area contributed by atoms with Crippen LogP contribution in [0.5, 0.6) is 0 Å². The topological polar surface area (TPSA) is 40.9 Å². The average molecular weight is 212 g/mol. The first-order valence-electron chi connectivity index (χ1n) is 3.18. The molecule has 1 rings (SSSR count). The molecule has 0 aromatic rings. The van der Waals surface area contributed by atoms with E-state index in [2.05, 4.69) is 15.9 Å². The minimum Gasteiger partial charge on any atom is -0.298 e. The van der Waals surface area contributed by atoms with Gasteiger partial charge in [-0.15, -0.1) is 0 Å². The molecular formula is C8H6BrNO. The maximum Gasteiger partial charge on any atom is 0.146 e. The Labute approximate surface area is 73.3 Å². The normalized spacial score (nSPS) is 23.1. The highest BCUT2D eigenvalue weighted by atomic mass is 79.9. The standard InChI is InChI=1S/C8H6BrNO/c9-8-2-6(4-10)1-7(3-8)5-11/h1-2,5,8H,3H2. The molecule has 0 N–H and O–H groups in total. The highest BCUT2D eigenvalue weighted by Gasteiger charge is 2.11. The van der Waals surface area contributed by atoms with Crippen molar-refractivity contribution >= 4 is 22.2 Å². The fraction of sp³-hybridized carbons (Fsp3) is 0.250. The summed E-state index contributed by atoms with van der Waals surface area (Å²) < 4.78 is 0. The van der Waals surface area contributed by atoms with Gasteiger partial charge in [0, 0.05) is 10.4 Å². The predicted molar refractivity (Wildman–Crippen MR) is 45.2 cm³/mol. The summed E-state index contributed by atoms with van der Waals surface area (Å²) in [5.74, 6) is 0. The van der Waals surface area contributed by atoms with Crippen molar-refractivity contribution in [3.05, 3.63) is 23.3 Å². The zero-order chi connectivity index (χ0) is 8.27. The highest BCUT2D eigenvalue weighted by molar-refractivity contribution is 9.09. The van der Waals surface area contributed by atoms with Crippen molar-refractivity contribution in [2.45, 2.75) is 11.2 Å². The van der Waals surface area contributed by atoms with Crippen molar-refractivity contribution in [2.24, 2.45) is 0 Å². The lowest BCUT2D eigenvalue weighted by Crippen LogP contribution is -2.03. The number of halogens is 1. The molecular weight excluding hydrogens is 206 g/mol. The van der Waals surface area contributed by atoms with Gasteiger partial charge in [-0.3, -0.25) is 4.79 Å². The van der Waals surface area contributed by atoms with Crippen molar-refractivity contribution in [3.8, 4) is 6.07 Å². The Morgan fingerprint density at radius 2 is 2.55 bits per heavy atom. The van der Waals surface area contributed by atoms with Gasteiger partial charge in [-0.2, -0.15) is 5.26 Å². The van der Waals surface area contributed by atoms with Gasteiger partial charge >= 0.3 is 0 Å². The molecule has 0 heterocycles. The maximum atomic E-state index is 10.3. The van der Waals surface area contributed by atoms with Gasteiger partial charge in [0.05, 0.1) is 6.07 Å². The average Bonchev–Trinajstić information content (AvgIpc) is 2.03. The number of carbonyl (C=O) groups excluding carboxylic acids is 1. The number of rotatable bonds is 1. The Morgan fingerprint density at radius 1 is 1.82 bits per heavy atom. The highest BCUT2D eigenvalue weighted by Crippen LogP contribution is 2.21.